The number of carbonyl (C=O) groups is 1. The first kappa shape index (κ1) is 25.3. The van der Waals surface area contributed by atoms with Gasteiger partial charge in [0.1, 0.15) is 5.69 Å². The zero-order chi connectivity index (χ0) is 22.9. The number of rotatable bonds is 9. The summed E-state index contributed by atoms with van der Waals surface area (Å²) in [6.07, 6.45) is 8.59. The molecule has 0 saturated heterocycles. The third kappa shape index (κ3) is 7.25. The van der Waals surface area contributed by atoms with Crippen LogP contribution in [0.1, 0.15) is 55.7 Å². The van der Waals surface area contributed by atoms with Crippen molar-refractivity contribution in [2.75, 3.05) is 0 Å². The number of hydrogen-bond donors (Lipinski definition) is 2. The van der Waals surface area contributed by atoms with E-state index in [1.807, 2.05) is 45.9 Å². The zero-order valence-electron chi connectivity index (χ0n) is 18.3. The first-order valence-electron chi connectivity index (χ1n) is 9.92. The molecule has 6 heteroatoms. The molecule has 164 valence electrons. The number of amides is 1. The Kier molecular flexibility index (Phi) is 9.63. The van der Waals surface area contributed by atoms with Crippen molar-refractivity contribution >= 4 is 5.91 Å². The van der Waals surface area contributed by atoms with Crippen molar-refractivity contribution in [1.82, 2.24) is 10.3 Å². The van der Waals surface area contributed by atoms with Crippen molar-refractivity contribution in [2.45, 2.75) is 59.7 Å². The molecule has 1 aromatic rings. The molecule has 0 aliphatic heterocycles. The van der Waals surface area contributed by atoms with Crippen LogP contribution >= 0.6 is 0 Å². The van der Waals surface area contributed by atoms with Gasteiger partial charge in [-0.05, 0) is 62.8 Å². The van der Waals surface area contributed by atoms with Crippen LogP contribution in [-0.2, 0) is 6.42 Å². The van der Waals surface area contributed by atoms with E-state index in [4.69, 9.17) is 0 Å². The maximum absolute atomic E-state index is 12.7. The Morgan fingerprint density at radius 1 is 1.33 bits per heavy atom. The lowest BCUT2D eigenvalue weighted by molar-refractivity contribution is -0.0913. The van der Waals surface area contributed by atoms with E-state index in [-0.39, 0.29) is 11.9 Å². The SMILES string of the molecule is C=C/C(=C\C=C(/C)C(F)(F)F)Cc1c[nH]c(C(=O)NC(C)C(/C=C\CC)=C/C)c1C. The normalized spacial score (nSPS) is 14.9. The van der Waals surface area contributed by atoms with Gasteiger partial charge in [-0.1, -0.05) is 50.0 Å². The molecule has 0 aliphatic rings. The van der Waals surface area contributed by atoms with Crippen molar-refractivity contribution < 1.29 is 18.0 Å². The molecular formula is C24H31F3N2O. The van der Waals surface area contributed by atoms with Crippen LogP contribution in [0.4, 0.5) is 13.2 Å². The standard InChI is InChI=1S/C24H31F3N2O/c1-7-10-11-20(9-3)18(6)29-23(30)22-17(5)21(15-28-22)14-19(8-2)13-12-16(4)24(25,26)27/h8-13,15,18,28H,2,7,14H2,1,3-6H3,(H,29,30)/b11-10-,16-12+,19-13+,20-9+. The molecule has 1 unspecified atom stereocenters. The fourth-order valence-corrected chi connectivity index (χ4v) is 2.80. The summed E-state index contributed by atoms with van der Waals surface area (Å²) in [6.45, 7) is 12.4. The van der Waals surface area contributed by atoms with Crippen molar-refractivity contribution in [3.05, 3.63) is 82.8 Å². The van der Waals surface area contributed by atoms with Gasteiger partial charge < -0.3 is 10.3 Å². The van der Waals surface area contributed by atoms with E-state index in [9.17, 15) is 18.0 Å². The number of halogens is 3. The Hall–Kier alpha value is -2.76. The number of allylic oxidation sites excluding steroid dienone is 7. The van der Waals surface area contributed by atoms with Crippen LogP contribution in [0.2, 0.25) is 0 Å². The molecule has 1 amide bonds. The fraction of sp³-hybridized carbons (Fsp3) is 0.375. The Morgan fingerprint density at radius 2 is 2.00 bits per heavy atom. The number of aromatic amines is 1. The topological polar surface area (TPSA) is 44.9 Å². The summed E-state index contributed by atoms with van der Waals surface area (Å²) < 4.78 is 38.0. The quantitative estimate of drug-likeness (QED) is 0.439. The smallest absolute Gasteiger partial charge is 0.357 e. The highest BCUT2D eigenvalue weighted by molar-refractivity contribution is 5.94. The molecule has 0 bridgehead atoms. The van der Waals surface area contributed by atoms with E-state index in [2.05, 4.69) is 16.9 Å². The Morgan fingerprint density at radius 3 is 2.53 bits per heavy atom. The van der Waals surface area contributed by atoms with E-state index in [1.54, 1.807) is 6.20 Å². The first-order chi connectivity index (χ1) is 14.0. The Labute approximate surface area is 177 Å². The molecule has 3 nitrogen and oxygen atoms in total. The minimum Gasteiger partial charge on any atom is -0.357 e. The lowest BCUT2D eigenvalue weighted by Gasteiger charge is -2.15. The molecule has 0 saturated carbocycles. The number of alkyl halides is 3. The van der Waals surface area contributed by atoms with Gasteiger partial charge in [0.25, 0.3) is 5.91 Å². The predicted octanol–water partition coefficient (Wildman–Crippen LogP) is 6.52. The number of carbonyl (C=O) groups excluding carboxylic acids is 1. The summed E-state index contributed by atoms with van der Waals surface area (Å²) in [4.78, 5) is 15.7. The molecule has 1 aromatic heterocycles. The van der Waals surface area contributed by atoms with E-state index < -0.39 is 11.7 Å². The largest absolute Gasteiger partial charge is 0.412 e. The monoisotopic (exact) mass is 420 g/mol. The molecule has 0 aromatic carbocycles. The lowest BCUT2D eigenvalue weighted by Crippen LogP contribution is -2.34. The van der Waals surface area contributed by atoms with E-state index in [0.29, 0.717) is 17.7 Å². The second-order valence-corrected chi connectivity index (χ2v) is 7.08. The minimum atomic E-state index is -4.35. The highest BCUT2D eigenvalue weighted by Gasteiger charge is 2.29. The van der Waals surface area contributed by atoms with Crippen molar-refractivity contribution in [1.29, 1.82) is 0 Å². The third-order valence-electron chi connectivity index (χ3n) is 4.85. The third-order valence-corrected chi connectivity index (χ3v) is 4.85. The summed E-state index contributed by atoms with van der Waals surface area (Å²) in [5.74, 6) is -0.229. The van der Waals surface area contributed by atoms with Gasteiger partial charge in [-0.2, -0.15) is 13.2 Å². The van der Waals surface area contributed by atoms with Gasteiger partial charge in [0.15, 0.2) is 0 Å². The van der Waals surface area contributed by atoms with Crippen LogP contribution in [0.3, 0.4) is 0 Å². The minimum absolute atomic E-state index is 0.157. The fourth-order valence-electron chi connectivity index (χ4n) is 2.80. The van der Waals surface area contributed by atoms with Crippen LogP contribution in [0.15, 0.2) is 66.0 Å². The molecule has 1 rings (SSSR count). The molecule has 0 spiro atoms. The number of hydrogen-bond acceptors (Lipinski definition) is 1. The second kappa shape index (κ2) is 11.4. The van der Waals surface area contributed by atoms with E-state index in [0.717, 1.165) is 36.1 Å². The van der Waals surface area contributed by atoms with Crippen molar-refractivity contribution in [3.8, 4) is 0 Å². The lowest BCUT2D eigenvalue weighted by atomic mass is 10.0. The summed E-state index contributed by atoms with van der Waals surface area (Å²) in [5.41, 5.74) is 2.99. The first-order valence-corrected chi connectivity index (χ1v) is 9.92. The van der Waals surface area contributed by atoms with Gasteiger partial charge >= 0.3 is 6.18 Å². The van der Waals surface area contributed by atoms with Crippen molar-refractivity contribution in [2.24, 2.45) is 0 Å². The number of H-pyrrole nitrogens is 1. The number of aromatic nitrogens is 1. The Balaban J connectivity index is 2.97. The van der Waals surface area contributed by atoms with Gasteiger partial charge in [-0.25, -0.2) is 0 Å². The number of nitrogens with one attached hydrogen (secondary N) is 2. The van der Waals surface area contributed by atoms with Gasteiger partial charge in [-0.15, -0.1) is 0 Å². The second-order valence-electron chi connectivity index (χ2n) is 7.08. The average molecular weight is 421 g/mol. The summed E-state index contributed by atoms with van der Waals surface area (Å²) in [7, 11) is 0. The highest BCUT2D eigenvalue weighted by Crippen LogP contribution is 2.25. The highest BCUT2D eigenvalue weighted by atomic mass is 19.4. The van der Waals surface area contributed by atoms with Crippen LogP contribution < -0.4 is 5.32 Å². The van der Waals surface area contributed by atoms with Crippen LogP contribution in [-0.4, -0.2) is 23.1 Å². The molecule has 0 aliphatic carbocycles. The summed E-state index contributed by atoms with van der Waals surface area (Å²) >= 11 is 0. The van der Waals surface area contributed by atoms with Gasteiger partial charge in [0.05, 0.1) is 6.04 Å². The molecule has 2 N–H and O–H groups in total. The van der Waals surface area contributed by atoms with Gasteiger partial charge in [0.2, 0.25) is 0 Å². The van der Waals surface area contributed by atoms with Crippen LogP contribution in [0.5, 0.6) is 0 Å². The summed E-state index contributed by atoms with van der Waals surface area (Å²) in [5, 5.41) is 2.98. The maximum atomic E-state index is 12.7. The van der Waals surface area contributed by atoms with Gasteiger partial charge in [0, 0.05) is 11.8 Å². The molecular weight excluding hydrogens is 389 g/mol. The molecule has 30 heavy (non-hydrogen) atoms. The van der Waals surface area contributed by atoms with Crippen LogP contribution in [0, 0.1) is 6.92 Å². The molecule has 1 heterocycles. The molecule has 1 atom stereocenters. The van der Waals surface area contributed by atoms with Crippen LogP contribution in [0.25, 0.3) is 0 Å². The molecule has 0 radical (unpaired) electrons. The Bertz CT molecular complexity index is 868. The average Bonchev–Trinajstić information content (AvgIpc) is 3.04. The van der Waals surface area contributed by atoms with Gasteiger partial charge in [-0.3, -0.25) is 4.79 Å². The zero-order valence-corrected chi connectivity index (χ0v) is 18.3. The predicted molar refractivity (Wildman–Crippen MR) is 117 cm³/mol. The van der Waals surface area contributed by atoms with E-state index >= 15 is 0 Å². The van der Waals surface area contributed by atoms with Crippen molar-refractivity contribution in [3.63, 3.8) is 0 Å². The van der Waals surface area contributed by atoms with E-state index in [1.165, 1.54) is 12.2 Å². The summed E-state index contributed by atoms with van der Waals surface area (Å²) in [6, 6.07) is -0.157. The maximum Gasteiger partial charge on any atom is 0.412 e. The molecule has 0 fully saturated rings.